The van der Waals surface area contributed by atoms with Gasteiger partial charge in [-0.2, -0.15) is 0 Å². The molecule has 0 saturated carbocycles. The monoisotopic (exact) mass is 418 g/mol. The molecular weight excluding hydrogens is 388 g/mol. The molecule has 2 aliphatic rings. The van der Waals surface area contributed by atoms with Crippen LogP contribution in [-0.2, 0) is 9.59 Å². The van der Waals surface area contributed by atoms with Crippen LogP contribution in [0.2, 0.25) is 0 Å². The summed E-state index contributed by atoms with van der Waals surface area (Å²) >= 11 is 0. The van der Waals surface area contributed by atoms with Gasteiger partial charge in [-0.25, -0.2) is 4.90 Å². The second-order valence-electron chi connectivity index (χ2n) is 8.84. The second kappa shape index (κ2) is 8.58. The average molecular weight is 419 g/mol. The molecule has 0 bridgehead atoms. The van der Waals surface area contributed by atoms with Crippen molar-refractivity contribution in [3.05, 3.63) is 65.4 Å². The number of para-hydroxylation sites is 2. The summed E-state index contributed by atoms with van der Waals surface area (Å²) in [4.78, 5) is 30.8. The zero-order valence-electron chi connectivity index (χ0n) is 18.7. The maximum absolute atomic E-state index is 13.7. The van der Waals surface area contributed by atoms with Crippen LogP contribution in [0.5, 0.6) is 5.75 Å². The molecule has 162 valence electrons. The lowest BCUT2D eigenvalue weighted by molar-refractivity contribution is -0.120. The first-order valence-electron chi connectivity index (χ1n) is 11.1. The number of carbonyl (C=O) groups is 2. The second-order valence-corrected chi connectivity index (χ2v) is 8.84. The Morgan fingerprint density at radius 1 is 0.935 bits per heavy atom. The van der Waals surface area contributed by atoms with E-state index in [1.54, 1.807) is 6.07 Å². The maximum Gasteiger partial charge on any atom is 0.282 e. The number of rotatable bonds is 5. The quantitative estimate of drug-likeness (QED) is 0.655. The van der Waals surface area contributed by atoms with Crippen molar-refractivity contribution < 1.29 is 14.3 Å². The summed E-state index contributed by atoms with van der Waals surface area (Å²) in [7, 11) is 0. The van der Waals surface area contributed by atoms with Crippen molar-refractivity contribution in [2.24, 2.45) is 5.92 Å². The number of benzene rings is 2. The maximum atomic E-state index is 13.7. The van der Waals surface area contributed by atoms with Crippen molar-refractivity contribution >= 4 is 23.1 Å². The highest BCUT2D eigenvalue weighted by Gasteiger charge is 2.43. The van der Waals surface area contributed by atoms with Gasteiger partial charge in [0.2, 0.25) is 0 Å². The first kappa shape index (κ1) is 21.2. The molecule has 0 unspecified atom stereocenters. The largest absolute Gasteiger partial charge is 0.489 e. The van der Waals surface area contributed by atoms with Crippen LogP contribution in [0.4, 0.5) is 5.69 Å². The van der Waals surface area contributed by atoms with Gasteiger partial charge in [-0.3, -0.25) is 9.59 Å². The number of ether oxygens (including phenoxy) is 1. The highest BCUT2D eigenvalue weighted by atomic mass is 16.5. The Bertz CT molecular complexity index is 1020. The lowest BCUT2D eigenvalue weighted by Crippen LogP contribution is -2.38. The van der Waals surface area contributed by atoms with Gasteiger partial charge in [-0.05, 0) is 57.2 Å². The Morgan fingerprint density at radius 3 is 2.23 bits per heavy atom. The minimum Gasteiger partial charge on any atom is -0.489 e. The smallest absolute Gasteiger partial charge is 0.282 e. The van der Waals surface area contributed by atoms with Crippen molar-refractivity contribution in [3.8, 4) is 5.75 Å². The Kier molecular flexibility index (Phi) is 5.86. The molecule has 31 heavy (non-hydrogen) atoms. The molecule has 2 aromatic carbocycles. The minimum atomic E-state index is -0.290. The Balaban J connectivity index is 1.80. The molecule has 2 aliphatic heterocycles. The predicted molar refractivity (Wildman–Crippen MR) is 123 cm³/mol. The molecule has 1 saturated heterocycles. The van der Waals surface area contributed by atoms with Gasteiger partial charge in [0.25, 0.3) is 11.8 Å². The molecule has 0 spiro atoms. The molecule has 0 aliphatic carbocycles. The summed E-state index contributed by atoms with van der Waals surface area (Å²) in [6.07, 6.45) is 1.96. The van der Waals surface area contributed by atoms with E-state index in [1.165, 1.54) is 4.90 Å². The van der Waals surface area contributed by atoms with Crippen LogP contribution in [-0.4, -0.2) is 35.9 Å². The van der Waals surface area contributed by atoms with Gasteiger partial charge in [0.05, 0.1) is 17.4 Å². The van der Waals surface area contributed by atoms with Gasteiger partial charge in [-0.1, -0.05) is 48.9 Å². The fourth-order valence-electron chi connectivity index (χ4n) is 4.24. The Hall–Kier alpha value is -3.08. The van der Waals surface area contributed by atoms with E-state index in [2.05, 4.69) is 11.8 Å². The topological polar surface area (TPSA) is 49.9 Å². The fraction of sp³-hybridized carbons (Fsp3) is 0.385. The van der Waals surface area contributed by atoms with E-state index >= 15 is 0 Å². The normalized spacial score (nSPS) is 17.8. The standard InChI is InChI=1S/C26H30N2O3/c1-17(2)31-22-8-6-5-7-21(22)28-25(29)23(20-11-9-18(3)10-12-20)24(26(28)30)27-15-13-19(4)14-16-27/h5-12,17,19H,13-16H2,1-4H3. The van der Waals surface area contributed by atoms with E-state index in [0.29, 0.717) is 28.6 Å². The molecule has 0 N–H and O–H groups in total. The number of imide groups is 1. The van der Waals surface area contributed by atoms with E-state index in [-0.39, 0.29) is 17.9 Å². The predicted octanol–water partition coefficient (Wildman–Crippen LogP) is 4.80. The van der Waals surface area contributed by atoms with Crippen LogP contribution in [0, 0.1) is 12.8 Å². The molecule has 2 amide bonds. The molecule has 0 atom stereocenters. The van der Waals surface area contributed by atoms with E-state index in [1.807, 2.05) is 63.2 Å². The Morgan fingerprint density at radius 2 is 1.58 bits per heavy atom. The SMILES string of the molecule is Cc1ccc(C2=C(N3CCC(C)CC3)C(=O)N(c3ccccc3OC(C)C)C2=O)cc1. The van der Waals surface area contributed by atoms with E-state index in [0.717, 1.165) is 37.1 Å². The van der Waals surface area contributed by atoms with E-state index in [9.17, 15) is 9.59 Å². The highest BCUT2D eigenvalue weighted by Crippen LogP contribution is 2.39. The summed E-state index contributed by atoms with van der Waals surface area (Å²) < 4.78 is 5.93. The third-order valence-electron chi connectivity index (χ3n) is 5.97. The Labute approximate surface area is 184 Å². The molecule has 5 heteroatoms. The van der Waals surface area contributed by atoms with Crippen LogP contribution in [0.3, 0.4) is 0 Å². The summed E-state index contributed by atoms with van der Waals surface area (Å²) in [5.41, 5.74) is 3.39. The number of anilines is 1. The van der Waals surface area contributed by atoms with Crippen LogP contribution in [0.1, 0.15) is 44.7 Å². The average Bonchev–Trinajstić information content (AvgIpc) is 2.99. The molecular formula is C26H30N2O3. The molecule has 2 heterocycles. The summed E-state index contributed by atoms with van der Waals surface area (Å²) in [5, 5.41) is 0. The molecule has 5 nitrogen and oxygen atoms in total. The number of amides is 2. The number of likely N-dealkylation sites (tertiary alicyclic amines) is 1. The van der Waals surface area contributed by atoms with Crippen molar-refractivity contribution in [3.63, 3.8) is 0 Å². The molecule has 0 radical (unpaired) electrons. The van der Waals surface area contributed by atoms with Gasteiger partial charge in [-0.15, -0.1) is 0 Å². The van der Waals surface area contributed by atoms with Crippen molar-refractivity contribution in [2.45, 2.75) is 46.6 Å². The molecule has 1 fully saturated rings. The van der Waals surface area contributed by atoms with Gasteiger partial charge < -0.3 is 9.64 Å². The number of hydrogen-bond acceptors (Lipinski definition) is 4. The lowest BCUT2D eigenvalue weighted by Gasteiger charge is -2.32. The van der Waals surface area contributed by atoms with Gasteiger partial charge in [0.15, 0.2) is 0 Å². The number of piperidine rings is 1. The van der Waals surface area contributed by atoms with E-state index < -0.39 is 0 Å². The van der Waals surface area contributed by atoms with Crippen molar-refractivity contribution in [2.75, 3.05) is 18.0 Å². The first-order valence-corrected chi connectivity index (χ1v) is 11.1. The summed E-state index contributed by atoms with van der Waals surface area (Å²) in [6.45, 7) is 9.67. The first-order chi connectivity index (χ1) is 14.9. The highest BCUT2D eigenvalue weighted by molar-refractivity contribution is 6.45. The number of carbonyl (C=O) groups excluding carboxylic acids is 2. The third-order valence-corrected chi connectivity index (χ3v) is 5.97. The van der Waals surface area contributed by atoms with Crippen molar-refractivity contribution in [1.82, 2.24) is 4.90 Å². The van der Waals surface area contributed by atoms with Crippen LogP contribution in [0.15, 0.2) is 54.2 Å². The van der Waals surface area contributed by atoms with Crippen LogP contribution < -0.4 is 9.64 Å². The zero-order valence-corrected chi connectivity index (χ0v) is 18.7. The molecule has 4 rings (SSSR count). The molecule has 2 aromatic rings. The van der Waals surface area contributed by atoms with Gasteiger partial charge >= 0.3 is 0 Å². The van der Waals surface area contributed by atoms with Crippen LogP contribution in [0.25, 0.3) is 5.57 Å². The number of nitrogens with zero attached hydrogens (tertiary/aromatic N) is 2. The minimum absolute atomic E-state index is 0.0680. The zero-order chi connectivity index (χ0) is 22.1. The van der Waals surface area contributed by atoms with E-state index in [4.69, 9.17) is 4.74 Å². The number of hydrogen-bond donors (Lipinski definition) is 0. The molecule has 0 aromatic heterocycles. The summed E-state index contributed by atoms with van der Waals surface area (Å²) in [6, 6.07) is 15.1. The lowest BCUT2D eigenvalue weighted by atomic mass is 9.97. The van der Waals surface area contributed by atoms with Gasteiger partial charge in [0.1, 0.15) is 11.4 Å². The van der Waals surface area contributed by atoms with Crippen molar-refractivity contribution in [1.29, 1.82) is 0 Å². The fourth-order valence-corrected chi connectivity index (χ4v) is 4.24. The van der Waals surface area contributed by atoms with Gasteiger partial charge in [0, 0.05) is 13.1 Å². The third kappa shape index (κ3) is 4.09. The summed E-state index contributed by atoms with van der Waals surface area (Å²) in [5.74, 6) is 0.608. The van der Waals surface area contributed by atoms with Crippen LogP contribution >= 0.6 is 0 Å². The number of aryl methyl sites for hydroxylation is 1.